The van der Waals surface area contributed by atoms with Crippen molar-refractivity contribution >= 4 is 28.3 Å². The third-order valence-electron chi connectivity index (χ3n) is 4.73. The van der Waals surface area contributed by atoms with Crippen LogP contribution in [0.5, 0.6) is 0 Å². The second-order valence-corrected chi connectivity index (χ2v) is 7.11. The lowest BCUT2D eigenvalue weighted by molar-refractivity contribution is -0.137. The highest BCUT2D eigenvalue weighted by molar-refractivity contribution is 9.10. The lowest BCUT2D eigenvalue weighted by Gasteiger charge is -2.43. The van der Waals surface area contributed by atoms with E-state index < -0.39 is 11.7 Å². The fourth-order valence-corrected chi connectivity index (χ4v) is 3.95. The van der Waals surface area contributed by atoms with E-state index in [0.29, 0.717) is 10.4 Å². The Labute approximate surface area is 149 Å². The Morgan fingerprint density at radius 2 is 1.78 bits per heavy atom. The summed E-state index contributed by atoms with van der Waals surface area (Å²) in [6, 6.07) is 4.48. The normalized spacial score (nSPS) is 21.4. The summed E-state index contributed by atoms with van der Waals surface area (Å²) in [6.07, 6.45) is -0.884. The van der Waals surface area contributed by atoms with Gasteiger partial charge in [-0.3, -0.25) is 4.90 Å². The smallest absolute Gasteiger partial charge is 0.314 e. The molecule has 1 aromatic carbocycles. The Kier molecular flexibility index (Phi) is 6.39. The first-order chi connectivity index (χ1) is 10.4. The van der Waals surface area contributed by atoms with Crippen LogP contribution in [0.25, 0.3) is 0 Å². The van der Waals surface area contributed by atoms with Gasteiger partial charge in [-0.05, 0) is 42.5 Å². The lowest BCUT2D eigenvalue weighted by Crippen LogP contribution is -2.47. The zero-order chi connectivity index (χ0) is 15.7. The quantitative estimate of drug-likeness (QED) is 0.777. The molecule has 2 nitrogen and oxygen atoms in total. The number of nitrogens with one attached hydrogen (secondary N) is 1. The van der Waals surface area contributed by atoms with E-state index in [1.54, 1.807) is 0 Å². The zero-order valence-corrected chi connectivity index (χ0v) is 15.1. The molecule has 2 aliphatic rings. The maximum Gasteiger partial charge on any atom is 0.416 e. The Morgan fingerprint density at radius 1 is 1.13 bits per heavy atom. The number of halogens is 5. The zero-order valence-electron chi connectivity index (χ0n) is 12.7. The molecule has 1 saturated carbocycles. The Morgan fingerprint density at radius 3 is 2.30 bits per heavy atom. The number of rotatable bonds is 3. The van der Waals surface area contributed by atoms with Gasteiger partial charge in [-0.25, -0.2) is 0 Å². The van der Waals surface area contributed by atoms with E-state index in [1.807, 2.05) is 6.07 Å². The standard InChI is InChI=1S/C16H20BrF3N2.ClH/c17-14-9-12(8-13(10-14)16(18,19)20)15(11-2-1-3-11)22-6-4-21-5-7-22;/h8-11,15,21H,1-7H2;1H/t15-;/m1./s1. The number of benzene rings is 1. The molecule has 130 valence electrons. The molecule has 7 heteroatoms. The second-order valence-electron chi connectivity index (χ2n) is 6.19. The van der Waals surface area contributed by atoms with Gasteiger partial charge < -0.3 is 5.32 Å². The molecule has 1 aromatic rings. The molecule has 1 heterocycles. The van der Waals surface area contributed by atoms with Crippen LogP contribution >= 0.6 is 28.3 Å². The maximum absolute atomic E-state index is 13.1. The number of piperazine rings is 1. The van der Waals surface area contributed by atoms with Crippen LogP contribution in [0.3, 0.4) is 0 Å². The van der Waals surface area contributed by atoms with E-state index in [2.05, 4.69) is 26.1 Å². The Balaban J connectivity index is 0.00000192. The molecule has 1 aliphatic heterocycles. The first-order valence-corrected chi connectivity index (χ1v) is 8.57. The molecular weight excluding hydrogens is 393 g/mol. The molecule has 0 spiro atoms. The van der Waals surface area contributed by atoms with Crippen LogP contribution in [0.2, 0.25) is 0 Å². The molecule has 1 aliphatic carbocycles. The molecule has 1 atom stereocenters. The molecule has 0 bridgehead atoms. The highest BCUT2D eigenvalue weighted by atomic mass is 79.9. The van der Waals surface area contributed by atoms with Gasteiger partial charge in [0.15, 0.2) is 0 Å². The van der Waals surface area contributed by atoms with E-state index in [4.69, 9.17) is 0 Å². The predicted molar refractivity (Wildman–Crippen MR) is 90.9 cm³/mol. The second kappa shape index (κ2) is 7.72. The van der Waals surface area contributed by atoms with Crippen molar-refractivity contribution in [3.63, 3.8) is 0 Å². The molecule has 3 rings (SSSR count). The molecule has 0 amide bonds. The summed E-state index contributed by atoms with van der Waals surface area (Å²) >= 11 is 3.26. The van der Waals surface area contributed by atoms with Crippen molar-refractivity contribution in [2.24, 2.45) is 5.92 Å². The Bertz CT molecular complexity index is 529. The maximum atomic E-state index is 13.1. The van der Waals surface area contributed by atoms with Crippen LogP contribution in [-0.2, 0) is 6.18 Å². The predicted octanol–water partition coefficient (Wildman–Crippen LogP) is 4.64. The summed E-state index contributed by atoms with van der Waals surface area (Å²) in [6.45, 7) is 3.61. The van der Waals surface area contributed by atoms with Gasteiger partial charge in [-0.1, -0.05) is 22.4 Å². The van der Waals surface area contributed by atoms with Gasteiger partial charge in [0.05, 0.1) is 5.56 Å². The van der Waals surface area contributed by atoms with Crippen molar-refractivity contribution in [2.45, 2.75) is 31.5 Å². The summed E-state index contributed by atoms with van der Waals surface area (Å²) in [5, 5.41) is 3.31. The van der Waals surface area contributed by atoms with Crippen molar-refractivity contribution in [1.82, 2.24) is 10.2 Å². The summed E-state index contributed by atoms with van der Waals surface area (Å²) in [7, 11) is 0. The van der Waals surface area contributed by atoms with Crippen molar-refractivity contribution in [3.05, 3.63) is 33.8 Å². The minimum absolute atomic E-state index is 0. The summed E-state index contributed by atoms with van der Waals surface area (Å²) in [5.41, 5.74) is 0.240. The van der Waals surface area contributed by atoms with Crippen LogP contribution in [0, 0.1) is 5.92 Å². The first-order valence-electron chi connectivity index (χ1n) is 7.77. The van der Waals surface area contributed by atoms with E-state index in [0.717, 1.165) is 44.6 Å². The number of alkyl halides is 3. The number of hydrogen-bond acceptors (Lipinski definition) is 2. The van der Waals surface area contributed by atoms with Crippen molar-refractivity contribution in [1.29, 1.82) is 0 Å². The fourth-order valence-electron chi connectivity index (χ4n) is 3.44. The third-order valence-corrected chi connectivity index (χ3v) is 5.19. The summed E-state index contributed by atoms with van der Waals surface area (Å²) in [4.78, 5) is 2.35. The average Bonchev–Trinajstić information content (AvgIpc) is 2.42. The average molecular weight is 414 g/mol. The highest BCUT2D eigenvalue weighted by Crippen LogP contribution is 2.43. The highest BCUT2D eigenvalue weighted by Gasteiger charge is 2.36. The lowest BCUT2D eigenvalue weighted by atomic mass is 9.76. The van der Waals surface area contributed by atoms with Crippen LogP contribution in [0.4, 0.5) is 13.2 Å². The summed E-state index contributed by atoms with van der Waals surface area (Å²) < 4.78 is 39.8. The van der Waals surface area contributed by atoms with Crippen molar-refractivity contribution < 1.29 is 13.2 Å². The van der Waals surface area contributed by atoms with Gasteiger partial charge >= 0.3 is 6.18 Å². The van der Waals surface area contributed by atoms with E-state index >= 15 is 0 Å². The van der Waals surface area contributed by atoms with Gasteiger partial charge in [0.2, 0.25) is 0 Å². The molecular formula is C16H21BrClF3N2. The third kappa shape index (κ3) is 4.41. The summed E-state index contributed by atoms with van der Waals surface area (Å²) in [5.74, 6) is 0.480. The van der Waals surface area contributed by atoms with Crippen molar-refractivity contribution in [3.8, 4) is 0 Å². The molecule has 0 radical (unpaired) electrons. The van der Waals surface area contributed by atoms with Crippen LogP contribution < -0.4 is 5.32 Å². The van der Waals surface area contributed by atoms with Crippen LogP contribution in [0.1, 0.15) is 36.4 Å². The molecule has 0 aromatic heterocycles. The van der Waals surface area contributed by atoms with E-state index in [1.165, 1.54) is 18.6 Å². The molecule has 2 fully saturated rings. The monoisotopic (exact) mass is 412 g/mol. The molecule has 1 N–H and O–H groups in total. The SMILES string of the molecule is Cl.FC(F)(F)c1cc(Br)cc([C@@H](C2CCC2)N2CCNCC2)c1. The van der Waals surface area contributed by atoms with Gasteiger partial charge in [-0.2, -0.15) is 13.2 Å². The van der Waals surface area contributed by atoms with Crippen molar-refractivity contribution in [2.75, 3.05) is 26.2 Å². The number of hydrogen-bond donors (Lipinski definition) is 1. The first kappa shape index (κ1) is 19.0. The van der Waals surface area contributed by atoms with Gasteiger partial charge in [0.25, 0.3) is 0 Å². The number of nitrogens with zero attached hydrogens (tertiary/aromatic N) is 1. The van der Waals surface area contributed by atoms with Gasteiger partial charge in [0, 0.05) is 36.7 Å². The Hall–Kier alpha value is -0.300. The van der Waals surface area contributed by atoms with Crippen LogP contribution in [0.15, 0.2) is 22.7 Å². The molecule has 0 unspecified atom stereocenters. The van der Waals surface area contributed by atoms with Gasteiger partial charge in [0.1, 0.15) is 0 Å². The molecule has 1 saturated heterocycles. The molecule has 23 heavy (non-hydrogen) atoms. The largest absolute Gasteiger partial charge is 0.416 e. The minimum atomic E-state index is -4.30. The fraction of sp³-hybridized carbons (Fsp3) is 0.625. The van der Waals surface area contributed by atoms with E-state index in [-0.39, 0.29) is 18.4 Å². The van der Waals surface area contributed by atoms with E-state index in [9.17, 15) is 13.2 Å². The topological polar surface area (TPSA) is 15.3 Å². The minimum Gasteiger partial charge on any atom is -0.314 e. The van der Waals surface area contributed by atoms with Crippen LogP contribution in [-0.4, -0.2) is 31.1 Å². The van der Waals surface area contributed by atoms with Gasteiger partial charge in [-0.15, -0.1) is 12.4 Å².